The van der Waals surface area contributed by atoms with E-state index in [9.17, 15) is 0 Å². The van der Waals surface area contributed by atoms with Crippen molar-refractivity contribution in [2.24, 2.45) is 0 Å². The molecular formula is C9H14P. The Morgan fingerprint density at radius 3 is 2.40 bits per heavy atom. The van der Waals surface area contributed by atoms with Crippen LogP contribution < -0.4 is 0 Å². The van der Waals surface area contributed by atoms with E-state index in [0.717, 1.165) is 0 Å². The van der Waals surface area contributed by atoms with Gasteiger partial charge >= 0.3 is 0 Å². The lowest BCUT2D eigenvalue weighted by molar-refractivity contribution is 1.41. The van der Waals surface area contributed by atoms with Crippen molar-refractivity contribution in [2.45, 2.75) is 13.8 Å². The fourth-order valence-electron chi connectivity index (χ4n) is 1.16. The second kappa shape index (κ2) is 3.93. The van der Waals surface area contributed by atoms with E-state index in [4.69, 9.17) is 0 Å². The standard InChI is InChI=1S/C9H14P/c1-3-10(4-2)9-7-5-6-8-9/h5-8H,3-4H2,1-2H3. The van der Waals surface area contributed by atoms with Gasteiger partial charge in [-0.15, -0.1) is 0 Å². The minimum atomic E-state index is 0.186. The van der Waals surface area contributed by atoms with Gasteiger partial charge in [-0.2, -0.15) is 0 Å². The average molecular weight is 153 g/mol. The number of hydrogen-bond acceptors (Lipinski definition) is 0. The molecule has 0 atom stereocenters. The van der Waals surface area contributed by atoms with Crippen molar-refractivity contribution in [1.82, 2.24) is 0 Å². The summed E-state index contributed by atoms with van der Waals surface area (Å²) in [5.74, 6) is 0. The first-order valence-corrected chi connectivity index (χ1v) is 5.56. The fraction of sp³-hybridized carbons (Fsp3) is 0.444. The van der Waals surface area contributed by atoms with Gasteiger partial charge in [0, 0.05) is 6.42 Å². The zero-order valence-corrected chi connectivity index (χ0v) is 7.57. The van der Waals surface area contributed by atoms with Crippen molar-refractivity contribution >= 4 is 7.92 Å². The minimum absolute atomic E-state index is 0.186. The van der Waals surface area contributed by atoms with Gasteiger partial charge in [-0.05, 0) is 17.6 Å². The highest BCUT2D eigenvalue weighted by molar-refractivity contribution is 7.62. The summed E-state index contributed by atoms with van der Waals surface area (Å²) < 4.78 is 0. The maximum atomic E-state index is 2.28. The molecule has 0 amide bonds. The van der Waals surface area contributed by atoms with Gasteiger partial charge in [0.25, 0.3) is 0 Å². The lowest BCUT2D eigenvalue weighted by Gasteiger charge is -2.11. The minimum Gasteiger partial charge on any atom is -0.0762 e. The molecule has 0 aliphatic heterocycles. The monoisotopic (exact) mass is 153 g/mol. The molecule has 0 spiro atoms. The van der Waals surface area contributed by atoms with Crippen LogP contribution in [0.25, 0.3) is 0 Å². The zero-order valence-electron chi connectivity index (χ0n) is 6.67. The molecule has 0 saturated heterocycles. The van der Waals surface area contributed by atoms with Crippen molar-refractivity contribution in [3.63, 3.8) is 0 Å². The Hall–Kier alpha value is -0.0900. The van der Waals surface area contributed by atoms with Crippen LogP contribution in [0.1, 0.15) is 13.8 Å². The van der Waals surface area contributed by atoms with Crippen LogP contribution in [-0.4, -0.2) is 12.3 Å². The predicted molar refractivity (Wildman–Crippen MR) is 49.5 cm³/mol. The van der Waals surface area contributed by atoms with Crippen molar-refractivity contribution in [3.8, 4) is 0 Å². The van der Waals surface area contributed by atoms with Crippen LogP contribution in [0.5, 0.6) is 0 Å². The lowest BCUT2D eigenvalue weighted by atomic mass is 10.5. The van der Waals surface area contributed by atoms with E-state index >= 15 is 0 Å². The second-order valence-electron chi connectivity index (χ2n) is 2.32. The Bertz CT molecular complexity index is 152. The van der Waals surface area contributed by atoms with Crippen LogP contribution in [0.3, 0.4) is 0 Å². The van der Waals surface area contributed by atoms with Gasteiger partial charge in [-0.3, -0.25) is 0 Å². The summed E-state index contributed by atoms with van der Waals surface area (Å²) in [4.78, 5) is 0. The summed E-state index contributed by atoms with van der Waals surface area (Å²) in [6, 6.07) is 0. The summed E-state index contributed by atoms with van der Waals surface area (Å²) in [5.41, 5.74) is 0. The third-order valence-corrected chi connectivity index (χ3v) is 4.33. The zero-order chi connectivity index (χ0) is 7.40. The summed E-state index contributed by atoms with van der Waals surface area (Å²) in [7, 11) is 0.186. The van der Waals surface area contributed by atoms with E-state index in [1.54, 1.807) is 5.31 Å². The maximum Gasteiger partial charge on any atom is 0.00573 e. The molecule has 0 heterocycles. The number of allylic oxidation sites excluding steroid dienone is 4. The van der Waals surface area contributed by atoms with Gasteiger partial charge in [-0.1, -0.05) is 40.0 Å². The molecule has 0 aromatic heterocycles. The normalized spacial score (nSPS) is 16.5. The molecule has 10 heavy (non-hydrogen) atoms. The molecule has 0 bridgehead atoms. The predicted octanol–water partition coefficient (Wildman–Crippen LogP) is 3.17. The average Bonchev–Trinajstić information content (AvgIpc) is 2.43. The molecule has 0 saturated carbocycles. The summed E-state index contributed by atoms with van der Waals surface area (Å²) in [5, 5.41) is 1.57. The van der Waals surface area contributed by atoms with Crippen LogP contribution in [0.15, 0.2) is 23.5 Å². The largest absolute Gasteiger partial charge is 0.0762 e. The molecule has 1 rings (SSSR count). The Balaban J connectivity index is 2.52. The molecule has 0 unspecified atom stereocenters. The summed E-state index contributed by atoms with van der Waals surface area (Å²) in [6.45, 7) is 4.56. The molecular weight excluding hydrogens is 139 g/mol. The number of rotatable bonds is 3. The lowest BCUT2D eigenvalue weighted by Crippen LogP contribution is -1.82. The van der Waals surface area contributed by atoms with Crippen LogP contribution in [0.4, 0.5) is 0 Å². The topological polar surface area (TPSA) is 0 Å². The highest BCUT2D eigenvalue weighted by atomic mass is 31.1. The molecule has 1 aliphatic carbocycles. The third kappa shape index (κ3) is 1.70. The van der Waals surface area contributed by atoms with Crippen LogP contribution in [0, 0.1) is 6.42 Å². The SMILES string of the molecule is CCP(CC)C1=C[CH]C=C1. The highest BCUT2D eigenvalue weighted by Crippen LogP contribution is 2.45. The van der Waals surface area contributed by atoms with E-state index in [2.05, 4.69) is 38.5 Å². The first-order valence-electron chi connectivity index (χ1n) is 3.85. The van der Waals surface area contributed by atoms with Crippen molar-refractivity contribution < 1.29 is 0 Å². The van der Waals surface area contributed by atoms with Crippen molar-refractivity contribution in [1.29, 1.82) is 0 Å². The summed E-state index contributed by atoms with van der Waals surface area (Å²) in [6.07, 6.45) is 11.4. The molecule has 0 aromatic rings. The Labute approximate surface area is 64.8 Å². The molecule has 0 aromatic carbocycles. The van der Waals surface area contributed by atoms with Gasteiger partial charge < -0.3 is 0 Å². The first kappa shape index (κ1) is 8.01. The molecule has 1 heteroatoms. The van der Waals surface area contributed by atoms with E-state index in [1.165, 1.54) is 12.3 Å². The molecule has 55 valence electrons. The molecule has 1 aliphatic rings. The van der Waals surface area contributed by atoms with Gasteiger partial charge in [0.05, 0.1) is 0 Å². The van der Waals surface area contributed by atoms with E-state index in [1.807, 2.05) is 0 Å². The third-order valence-electron chi connectivity index (χ3n) is 1.77. The van der Waals surface area contributed by atoms with Crippen molar-refractivity contribution in [3.05, 3.63) is 30.0 Å². The molecule has 0 N–H and O–H groups in total. The van der Waals surface area contributed by atoms with E-state index in [-0.39, 0.29) is 7.92 Å². The molecule has 1 radical (unpaired) electrons. The fourth-order valence-corrected chi connectivity index (χ4v) is 2.93. The van der Waals surface area contributed by atoms with Gasteiger partial charge in [0.1, 0.15) is 0 Å². The smallest absolute Gasteiger partial charge is 0.00573 e. The van der Waals surface area contributed by atoms with Crippen LogP contribution in [0.2, 0.25) is 0 Å². The van der Waals surface area contributed by atoms with Gasteiger partial charge in [-0.25, -0.2) is 0 Å². The second-order valence-corrected chi connectivity index (χ2v) is 5.18. The van der Waals surface area contributed by atoms with Gasteiger partial charge in [0.15, 0.2) is 0 Å². The Morgan fingerprint density at radius 1 is 1.30 bits per heavy atom. The van der Waals surface area contributed by atoms with Crippen molar-refractivity contribution in [2.75, 3.05) is 12.3 Å². The highest BCUT2D eigenvalue weighted by Gasteiger charge is 2.07. The van der Waals surface area contributed by atoms with E-state index < -0.39 is 0 Å². The summed E-state index contributed by atoms with van der Waals surface area (Å²) >= 11 is 0. The molecule has 0 nitrogen and oxygen atoms in total. The van der Waals surface area contributed by atoms with Crippen LogP contribution in [-0.2, 0) is 0 Å². The van der Waals surface area contributed by atoms with Crippen LogP contribution >= 0.6 is 7.92 Å². The first-order chi connectivity index (χ1) is 4.88. The maximum absolute atomic E-state index is 2.28. The Morgan fingerprint density at radius 2 is 2.00 bits per heavy atom. The Kier molecular flexibility index (Phi) is 3.15. The van der Waals surface area contributed by atoms with Gasteiger partial charge in [0.2, 0.25) is 0 Å². The number of hydrogen-bond donors (Lipinski definition) is 0. The molecule has 0 fully saturated rings. The van der Waals surface area contributed by atoms with E-state index in [0.29, 0.717) is 0 Å². The quantitative estimate of drug-likeness (QED) is 0.546.